The zero-order chi connectivity index (χ0) is 20.9. The van der Waals surface area contributed by atoms with Gasteiger partial charge in [0.25, 0.3) is 0 Å². The van der Waals surface area contributed by atoms with Gasteiger partial charge in [0, 0.05) is 30.2 Å². The molecule has 2 aromatic carbocycles. The maximum Gasteiger partial charge on any atom is 0.227 e. The van der Waals surface area contributed by atoms with E-state index in [1.165, 1.54) is 0 Å². The Morgan fingerprint density at radius 1 is 1.10 bits per heavy atom. The average Bonchev–Trinajstić information content (AvgIpc) is 3.08. The molecule has 0 bridgehead atoms. The third-order valence-corrected chi connectivity index (χ3v) is 6.73. The highest BCUT2D eigenvalue weighted by Gasteiger charge is 2.34. The summed E-state index contributed by atoms with van der Waals surface area (Å²) in [7, 11) is -3.23. The first-order chi connectivity index (χ1) is 13.8. The second-order valence-electron chi connectivity index (χ2n) is 7.10. The average molecular weight is 435 g/mol. The molecule has 1 aliphatic rings. The molecular formula is C21H23ClN2O4S. The van der Waals surface area contributed by atoms with Crippen LogP contribution in [0.2, 0.25) is 5.02 Å². The normalized spacial score (nSPS) is 16.8. The minimum atomic E-state index is -3.23. The zero-order valence-corrected chi connectivity index (χ0v) is 17.5. The molecule has 1 aliphatic heterocycles. The van der Waals surface area contributed by atoms with Crippen LogP contribution in [0.15, 0.2) is 54.6 Å². The standard InChI is InChI=1S/C21H23ClN2O4S/c22-18-7-9-19(10-8-18)24-14-17(13-20(24)25)21(26)23-11-4-12-29(27,28)15-16-5-2-1-3-6-16/h1-3,5-10,17H,4,11-15H2,(H,23,26). The van der Waals surface area contributed by atoms with Crippen molar-refractivity contribution >= 4 is 38.9 Å². The van der Waals surface area contributed by atoms with Crippen molar-refractivity contribution in [2.75, 3.05) is 23.7 Å². The van der Waals surface area contributed by atoms with Crippen LogP contribution in [0.3, 0.4) is 0 Å². The predicted octanol–water partition coefficient (Wildman–Crippen LogP) is 2.81. The second-order valence-corrected chi connectivity index (χ2v) is 9.72. The number of hydrogen-bond donors (Lipinski definition) is 1. The molecule has 1 unspecified atom stereocenters. The molecule has 0 spiro atoms. The Hall–Kier alpha value is -2.38. The SMILES string of the molecule is O=C(NCCCS(=O)(=O)Cc1ccccc1)C1CC(=O)N(c2ccc(Cl)cc2)C1. The topological polar surface area (TPSA) is 83.5 Å². The molecule has 1 atom stereocenters. The van der Waals surface area contributed by atoms with Crippen LogP contribution in [0.4, 0.5) is 5.69 Å². The molecule has 2 amide bonds. The molecule has 1 saturated heterocycles. The number of halogens is 1. The second kappa shape index (κ2) is 9.41. The van der Waals surface area contributed by atoms with E-state index in [4.69, 9.17) is 11.6 Å². The lowest BCUT2D eigenvalue weighted by molar-refractivity contribution is -0.126. The van der Waals surface area contributed by atoms with Crippen molar-refractivity contribution in [3.05, 3.63) is 65.2 Å². The summed E-state index contributed by atoms with van der Waals surface area (Å²) in [5, 5.41) is 3.34. The van der Waals surface area contributed by atoms with Crippen molar-refractivity contribution in [3.63, 3.8) is 0 Å². The lowest BCUT2D eigenvalue weighted by Gasteiger charge is -2.16. The third kappa shape index (κ3) is 6.05. The molecule has 1 heterocycles. The Labute approximate surface area is 175 Å². The Kier molecular flexibility index (Phi) is 6.92. The summed E-state index contributed by atoms with van der Waals surface area (Å²) in [6.45, 7) is 0.567. The first-order valence-electron chi connectivity index (χ1n) is 9.42. The lowest BCUT2D eigenvalue weighted by atomic mass is 10.1. The van der Waals surface area contributed by atoms with Gasteiger partial charge in [0.15, 0.2) is 9.84 Å². The van der Waals surface area contributed by atoms with E-state index in [1.54, 1.807) is 53.4 Å². The molecule has 29 heavy (non-hydrogen) atoms. The van der Waals surface area contributed by atoms with Crippen LogP contribution in [0.1, 0.15) is 18.4 Å². The molecule has 2 aromatic rings. The summed E-state index contributed by atoms with van der Waals surface area (Å²) in [6.07, 6.45) is 0.475. The fourth-order valence-corrected chi connectivity index (χ4v) is 4.86. The van der Waals surface area contributed by atoms with Crippen LogP contribution in [-0.4, -0.2) is 39.1 Å². The number of rotatable bonds is 8. The van der Waals surface area contributed by atoms with Gasteiger partial charge in [-0.3, -0.25) is 9.59 Å². The maximum absolute atomic E-state index is 12.4. The fraction of sp³-hybridized carbons (Fsp3) is 0.333. The van der Waals surface area contributed by atoms with E-state index in [0.717, 1.165) is 5.56 Å². The predicted molar refractivity (Wildman–Crippen MR) is 113 cm³/mol. The molecule has 1 N–H and O–H groups in total. The molecule has 0 aromatic heterocycles. The minimum absolute atomic E-state index is 0.00265. The van der Waals surface area contributed by atoms with Gasteiger partial charge in [-0.15, -0.1) is 0 Å². The Balaban J connectivity index is 1.44. The Morgan fingerprint density at radius 2 is 1.79 bits per heavy atom. The highest BCUT2D eigenvalue weighted by atomic mass is 35.5. The van der Waals surface area contributed by atoms with Crippen molar-refractivity contribution < 1.29 is 18.0 Å². The van der Waals surface area contributed by atoms with Crippen LogP contribution in [-0.2, 0) is 25.2 Å². The number of nitrogens with zero attached hydrogens (tertiary/aromatic N) is 1. The van der Waals surface area contributed by atoms with Gasteiger partial charge in [0.2, 0.25) is 11.8 Å². The molecule has 8 heteroatoms. The molecule has 0 saturated carbocycles. The number of amides is 2. The summed E-state index contributed by atoms with van der Waals surface area (Å²) < 4.78 is 24.4. The highest BCUT2D eigenvalue weighted by molar-refractivity contribution is 7.90. The summed E-state index contributed by atoms with van der Waals surface area (Å²) in [6, 6.07) is 15.9. The number of nitrogens with one attached hydrogen (secondary N) is 1. The maximum atomic E-state index is 12.4. The van der Waals surface area contributed by atoms with E-state index in [0.29, 0.717) is 23.7 Å². The van der Waals surface area contributed by atoms with Gasteiger partial charge in [0.1, 0.15) is 0 Å². The number of hydrogen-bond acceptors (Lipinski definition) is 4. The quantitative estimate of drug-likeness (QED) is 0.647. The molecule has 6 nitrogen and oxygen atoms in total. The number of benzene rings is 2. The van der Waals surface area contributed by atoms with E-state index in [2.05, 4.69) is 5.32 Å². The van der Waals surface area contributed by atoms with Gasteiger partial charge in [-0.1, -0.05) is 41.9 Å². The van der Waals surface area contributed by atoms with Crippen molar-refractivity contribution in [1.82, 2.24) is 5.32 Å². The molecular weight excluding hydrogens is 412 g/mol. The van der Waals surface area contributed by atoms with Crippen molar-refractivity contribution in [3.8, 4) is 0 Å². The summed E-state index contributed by atoms with van der Waals surface area (Å²) in [5.41, 5.74) is 1.46. The van der Waals surface area contributed by atoms with Crippen molar-refractivity contribution in [2.24, 2.45) is 5.92 Å². The van der Waals surface area contributed by atoms with E-state index in [-0.39, 0.29) is 36.3 Å². The summed E-state index contributed by atoms with van der Waals surface area (Å²) in [5.74, 6) is -0.787. The zero-order valence-electron chi connectivity index (χ0n) is 15.9. The van der Waals surface area contributed by atoms with Crippen molar-refractivity contribution in [2.45, 2.75) is 18.6 Å². The van der Waals surface area contributed by atoms with Crippen LogP contribution in [0.25, 0.3) is 0 Å². The smallest absolute Gasteiger partial charge is 0.227 e. The van der Waals surface area contributed by atoms with Gasteiger partial charge < -0.3 is 10.2 Å². The lowest BCUT2D eigenvalue weighted by Crippen LogP contribution is -2.34. The highest BCUT2D eigenvalue weighted by Crippen LogP contribution is 2.26. The van der Waals surface area contributed by atoms with Gasteiger partial charge >= 0.3 is 0 Å². The number of carbonyl (C=O) groups is 2. The first-order valence-corrected chi connectivity index (χ1v) is 11.6. The Bertz CT molecular complexity index is 962. The van der Waals surface area contributed by atoms with Crippen LogP contribution in [0.5, 0.6) is 0 Å². The number of anilines is 1. The molecule has 154 valence electrons. The first kappa shape index (κ1) is 21.3. The van der Waals surface area contributed by atoms with E-state index in [9.17, 15) is 18.0 Å². The fourth-order valence-electron chi connectivity index (χ4n) is 3.30. The minimum Gasteiger partial charge on any atom is -0.356 e. The van der Waals surface area contributed by atoms with E-state index in [1.807, 2.05) is 6.07 Å². The number of sulfone groups is 1. The molecule has 0 aliphatic carbocycles. The molecule has 1 fully saturated rings. The van der Waals surface area contributed by atoms with Crippen LogP contribution in [0, 0.1) is 5.92 Å². The van der Waals surface area contributed by atoms with Gasteiger partial charge in [-0.25, -0.2) is 8.42 Å². The summed E-state index contributed by atoms with van der Waals surface area (Å²) >= 11 is 5.87. The summed E-state index contributed by atoms with van der Waals surface area (Å²) in [4.78, 5) is 26.2. The Morgan fingerprint density at radius 3 is 2.48 bits per heavy atom. The van der Waals surface area contributed by atoms with Crippen molar-refractivity contribution in [1.29, 1.82) is 0 Å². The van der Waals surface area contributed by atoms with E-state index < -0.39 is 15.8 Å². The third-order valence-electron chi connectivity index (χ3n) is 4.79. The molecule has 0 radical (unpaired) electrons. The van der Waals surface area contributed by atoms with Gasteiger partial charge in [0.05, 0.1) is 17.4 Å². The molecule has 3 rings (SSSR count). The number of carbonyl (C=O) groups excluding carboxylic acids is 2. The van der Waals surface area contributed by atoms with E-state index >= 15 is 0 Å². The van der Waals surface area contributed by atoms with Gasteiger partial charge in [-0.05, 0) is 36.2 Å². The largest absolute Gasteiger partial charge is 0.356 e. The van der Waals surface area contributed by atoms with Crippen LogP contribution >= 0.6 is 11.6 Å². The van der Waals surface area contributed by atoms with Crippen LogP contribution < -0.4 is 10.2 Å². The monoisotopic (exact) mass is 434 g/mol. The van der Waals surface area contributed by atoms with Gasteiger partial charge in [-0.2, -0.15) is 0 Å².